The van der Waals surface area contributed by atoms with Crippen LogP contribution in [0.4, 0.5) is 0 Å². The minimum absolute atomic E-state index is 0.0495. The van der Waals surface area contributed by atoms with Gasteiger partial charge in [-0.05, 0) is 25.5 Å². The number of hydrogen-bond acceptors (Lipinski definition) is 6. The van der Waals surface area contributed by atoms with E-state index in [1.807, 2.05) is 13.0 Å². The molecule has 0 bridgehead atoms. The second kappa shape index (κ2) is 6.85. The van der Waals surface area contributed by atoms with Gasteiger partial charge in [0.2, 0.25) is 0 Å². The lowest BCUT2D eigenvalue weighted by Crippen LogP contribution is -1.99. The molecule has 1 heterocycles. The Bertz CT molecular complexity index is 771. The van der Waals surface area contributed by atoms with Gasteiger partial charge in [0.15, 0.2) is 15.7 Å². The topological polar surface area (TPSA) is 65.5 Å². The Kier molecular flexibility index (Phi) is 5.31. The summed E-state index contributed by atoms with van der Waals surface area (Å²) >= 11 is 1.02. The quantitative estimate of drug-likeness (QED) is 0.731. The normalized spacial score (nSPS) is 11.5. The molecule has 0 amide bonds. The van der Waals surface area contributed by atoms with Gasteiger partial charge in [-0.25, -0.2) is 13.4 Å². The Labute approximate surface area is 138 Å². The van der Waals surface area contributed by atoms with Crippen molar-refractivity contribution in [1.29, 1.82) is 0 Å². The summed E-state index contributed by atoms with van der Waals surface area (Å²) < 4.78 is 34.2. The lowest BCUT2D eigenvalue weighted by molar-refractivity contribution is 0.295. The van der Waals surface area contributed by atoms with E-state index in [0.29, 0.717) is 34.4 Å². The minimum Gasteiger partial charge on any atom is -0.493 e. The molecule has 0 unspecified atom stereocenters. The number of ether oxygens (including phenoxy) is 2. The summed E-state index contributed by atoms with van der Waals surface area (Å²) in [7, 11) is 3.18. The average molecular weight is 362 g/mol. The van der Waals surface area contributed by atoms with E-state index in [0.717, 1.165) is 17.8 Å². The van der Waals surface area contributed by atoms with Gasteiger partial charge in [0.1, 0.15) is 5.01 Å². The third-order valence-electron chi connectivity index (χ3n) is 2.86. The first-order valence-corrected chi connectivity index (χ1v) is 9.73. The molecule has 1 aromatic carbocycles. The first-order chi connectivity index (χ1) is 10.4. The minimum atomic E-state index is -3.81. The molecule has 0 aliphatic rings. The highest BCUT2D eigenvalue weighted by Gasteiger charge is 2.22. The molecule has 8 heteroatoms. The highest BCUT2D eigenvalue weighted by Crippen LogP contribution is 2.41. The summed E-state index contributed by atoms with van der Waals surface area (Å²) in [5.74, 6) is 1.13. The Morgan fingerprint density at radius 3 is 2.64 bits per heavy atom. The number of hydrogen-bond donors (Lipinski definition) is 0. The van der Waals surface area contributed by atoms with Crippen molar-refractivity contribution in [3.63, 3.8) is 0 Å². The average Bonchev–Trinajstić information content (AvgIpc) is 2.86. The fraction of sp³-hybridized carbons (Fsp3) is 0.357. The summed E-state index contributed by atoms with van der Waals surface area (Å²) in [6, 6.07) is 5.41. The number of methoxy groups -OCH3 is 1. The van der Waals surface area contributed by atoms with Crippen molar-refractivity contribution in [1.82, 2.24) is 4.98 Å². The van der Waals surface area contributed by atoms with E-state index in [1.165, 1.54) is 0 Å². The third-order valence-corrected chi connectivity index (χ3v) is 6.22. The van der Waals surface area contributed by atoms with E-state index in [9.17, 15) is 8.42 Å². The van der Waals surface area contributed by atoms with Gasteiger partial charge in [0.05, 0.1) is 25.0 Å². The summed E-state index contributed by atoms with van der Waals surface area (Å²) in [6.07, 6.45) is 0.843. The predicted octanol–water partition coefficient (Wildman–Crippen LogP) is 3.84. The Morgan fingerprint density at radius 1 is 1.36 bits per heavy atom. The van der Waals surface area contributed by atoms with Gasteiger partial charge < -0.3 is 9.47 Å². The number of halogens is 1. The van der Waals surface area contributed by atoms with Gasteiger partial charge in [-0.15, -0.1) is 11.3 Å². The van der Waals surface area contributed by atoms with Gasteiger partial charge in [0.25, 0.3) is 9.05 Å². The van der Waals surface area contributed by atoms with Crippen molar-refractivity contribution in [3.05, 3.63) is 23.9 Å². The summed E-state index contributed by atoms with van der Waals surface area (Å²) in [4.78, 5) is 4.31. The van der Waals surface area contributed by atoms with Gasteiger partial charge in [-0.1, -0.05) is 13.0 Å². The van der Waals surface area contributed by atoms with Crippen molar-refractivity contribution in [2.45, 2.75) is 24.5 Å². The molecule has 2 aromatic rings. The van der Waals surface area contributed by atoms with Crippen LogP contribution in [0.2, 0.25) is 0 Å². The zero-order chi connectivity index (χ0) is 16.3. The zero-order valence-electron chi connectivity index (χ0n) is 12.4. The lowest BCUT2D eigenvalue weighted by Gasteiger charge is -2.13. The van der Waals surface area contributed by atoms with E-state index in [1.54, 1.807) is 26.2 Å². The second-order valence-corrected chi connectivity index (χ2v) is 8.28. The van der Waals surface area contributed by atoms with Crippen molar-refractivity contribution in [2.75, 3.05) is 13.7 Å². The number of aryl methyl sites for hydroxylation is 1. The monoisotopic (exact) mass is 361 g/mol. The van der Waals surface area contributed by atoms with Crippen LogP contribution in [0.5, 0.6) is 11.5 Å². The van der Waals surface area contributed by atoms with Crippen LogP contribution in [-0.2, 0) is 9.05 Å². The Balaban J connectivity index is 2.57. The summed E-state index contributed by atoms with van der Waals surface area (Å²) in [6.45, 7) is 4.14. The van der Waals surface area contributed by atoms with Crippen LogP contribution in [-0.4, -0.2) is 27.1 Å². The summed E-state index contributed by atoms with van der Waals surface area (Å²) in [5.41, 5.74) is 1.06. The second-order valence-electron chi connectivity index (χ2n) is 4.52. The zero-order valence-corrected chi connectivity index (χ0v) is 14.8. The fourth-order valence-corrected chi connectivity index (χ4v) is 4.40. The molecule has 120 valence electrons. The van der Waals surface area contributed by atoms with Crippen LogP contribution in [0.15, 0.2) is 22.4 Å². The number of aromatic nitrogens is 1. The van der Waals surface area contributed by atoms with Crippen molar-refractivity contribution >= 4 is 31.1 Å². The number of thiazole rings is 1. The molecular formula is C14H16ClNO4S2. The van der Waals surface area contributed by atoms with Crippen LogP contribution >= 0.6 is 22.0 Å². The van der Waals surface area contributed by atoms with E-state index in [2.05, 4.69) is 4.98 Å². The molecule has 0 saturated heterocycles. The molecule has 0 aliphatic carbocycles. The van der Waals surface area contributed by atoms with Gasteiger partial charge >= 0.3 is 0 Å². The number of benzene rings is 1. The molecule has 2 rings (SSSR count). The number of rotatable bonds is 6. The number of nitrogens with zero attached hydrogens (tertiary/aromatic N) is 1. The van der Waals surface area contributed by atoms with Crippen molar-refractivity contribution < 1.29 is 17.9 Å². The molecule has 0 fully saturated rings. The first-order valence-electron chi connectivity index (χ1n) is 6.60. The van der Waals surface area contributed by atoms with E-state index in [4.69, 9.17) is 20.2 Å². The first kappa shape index (κ1) is 17.1. The number of para-hydroxylation sites is 1. The van der Waals surface area contributed by atoms with Crippen molar-refractivity contribution in [3.8, 4) is 22.1 Å². The molecule has 1 aromatic heterocycles. The highest BCUT2D eigenvalue weighted by atomic mass is 35.7. The maximum atomic E-state index is 11.6. The van der Waals surface area contributed by atoms with E-state index >= 15 is 0 Å². The molecule has 0 N–H and O–H groups in total. The summed E-state index contributed by atoms with van der Waals surface area (Å²) in [5, 5.41) is 0.529. The SMILES string of the molecule is CCCOc1c(OC)cccc1-c1nc(C)c(S(=O)(=O)Cl)s1. The van der Waals surface area contributed by atoms with Crippen LogP contribution in [0, 0.1) is 6.92 Å². The standard InChI is InChI=1S/C14H16ClNO4S2/c1-4-8-20-12-10(6-5-7-11(12)19-3)13-16-9(2)14(21-13)22(15,17)18/h5-7H,4,8H2,1-3H3. The molecule has 22 heavy (non-hydrogen) atoms. The maximum absolute atomic E-state index is 11.6. The van der Waals surface area contributed by atoms with E-state index in [-0.39, 0.29) is 4.21 Å². The van der Waals surface area contributed by atoms with Gasteiger partial charge in [0, 0.05) is 10.7 Å². The van der Waals surface area contributed by atoms with Crippen molar-refractivity contribution in [2.24, 2.45) is 0 Å². The molecular weight excluding hydrogens is 346 g/mol. The fourth-order valence-electron chi connectivity index (χ4n) is 1.92. The largest absolute Gasteiger partial charge is 0.493 e. The van der Waals surface area contributed by atoms with Crippen LogP contribution < -0.4 is 9.47 Å². The molecule has 0 atom stereocenters. The predicted molar refractivity (Wildman–Crippen MR) is 87.7 cm³/mol. The van der Waals surface area contributed by atoms with Gasteiger partial charge in [-0.3, -0.25) is 0 Å². The van der Waals surface area contributed by atoms with Crippen LogP contribution in [0.1, 0.15) is 19.0 Å². The van der Waals surface area contributed by atoms with Crippen LogP contribution in [0.25, 0.3) is 10.6 Å². The smallest absolute Gasteiger partial charge is 0.272 e. The molecule has 0 spiro atoms. The lowest BCUT2D eigenvalue weighted by atomic mass is 10.2. The Hall–Kier alpha value is -1.31. The highest BCUT2D eigenvalue weighted by molar-refractivity contribution is 8.15. The molecule has 0 aliphatic heterocycles. The molecule has 0 saturated carbocycles. The van der Waals surface area contributed by atoms with E-state index < -0.39 is 9.05 Å². The third kappa shape index (κ3) is 3.53. The van der Waals surface area contributed by atoms with Crippen LogP contribution in [0.3, 0.4) is 0 Å². The van der Waals surface area contributed by atoms with Gasteiger partial charge in [-0.2, -0.15) is 0 Å². The Morgan fingerprint density at radius 2 is 2.09 bits per heavy atom. The maximum Gasteiger partial charge on any atom is 0.272 e. The molecule has 0 radical (unpaired) electrons. The molecule has 5 nitrogen and oxygen atoms in total.